The van der Waals surface area contributed by atoms with Gasteiger partial charge >= 0.3 is 11.9 Å². The Morgan fingerprint density at radius 3 is 1.44 bits per heavy atom. The first kappa shape index (κ1) is 39.9. The van der Waals surface area contributed by atoms with Crippen LogP contribution in [0.3, 0.4) is 0 Å². The predicted octanol–water partition coefficient (Wildman–Crippen LogP) is 10.8. The maximum atomic E-state index is 12.0. The van der Waals surface area contributed by atoms with Crippen molar-refractivity contribution in [2.24, 2.45) is 0 Å². The fourth-order valence-corrected chi connectivity index (χ4v) is 5.06. The van der Waals surface area contributed by atoms with Gasteiger partial charge in [0, 0.05) is 6.42 Å². The van der Waals surface area contributed by atoms with E-state index in [4.69, 9.17) is 4.74 Å². The number of unbranched alkanes of at least 4 members (excludes halogenated alkanes) is 21. The topological polar surface area (TPSA) is 146 Å². The number of carbonyl (C=O) groups is 2. The van der Waals surface area contributed by atoms with Gasteiger partial charge in [-0.3, -0.25) is 0 Å². The van der Waals surface area contributed by atoms with Gasteiger partial charge in [0.05, 0.1) is 0 Å². The number of ether oxygens (including phenoxy) is 1. The molecule has 0 radical (unpaired) electrons. The molecular weight excluding hydrogens is 576 g/mol. The third-order valence-electron chi connectivity index (χ3n) is 7.96. The van der Waals surface area contributed by atoms with Gasteiger partial charge in [0.25, 0.3) is 5.76 Å². The van der Waals surface area contributed by atoms with Crippen molar-refractivity contribution in [1.29, 1.82) is 0 Å². The average molecular weight is 637 g/mol. The van der Waals surface area contributed by atoms with E-state index in [-0.39, 0.29) is 5.76 Å². The normalized spacial score (nSPS) is 13.8. The summed E-state index contributed by atoms with van der Waals surface area (Å²) in [5, 5.41) is 39.8. The van der Waals surface area contributed by atoms with Crippen LogP contribution in [0.4, 0.5) is 0 Å². The molecule has 0 unspecified atom stereocenters. The van der Waals surface area contributed by atoms with Crippen molar-refractivity contribution < 1.29 is 44.5 Å². The summed E-state index contributed by atoms with van der Waals surface area (Å²) in [6, 6.07) is 0. The Kier molecular flexibility index (Phi) is 23.2. The molecule has 1 aliphatic rings. The van der Waals surface area contributed by atoms with Gasteiger partial charge in [-0.2, -0.15) is 0 Å². The summed E-state index contributed by atoms with van der Waals surface area (Å²) in [5.41, 5.74) is 0. The monoisotopic (exact) mass is 636 g/mol. The average Bonchev–Trinajstić information content (AvgIpc) is 3.82. The highest BCUT2D eigenvalue weighted by molar-refractivity contribution is 5.89. The number of allylic oxidation sites excluding steroid dienone is 3. The molecule has 0 aromatic heterocycles. The van der Waals surface area contributed by atoms with Crippen LogP contribution < -0.4 is 0 Å². The van der Waals surface area contributed by atoms with E-state index in [2.05, 4.69) is 23.6 Å². The Balaban J connectivity index is 2.23. The van der Waals surface area contributed by atoms with Crippen LogP contribution in [-0.2, 0) is 24.1 Å². The zero-order valence-corrected chi connectivity index (χ0v) is 28.0. The largest absolute Gasteiger partial charge is 0.504 e. The molecule has 0 aliphatic carbocycles. The van der Waals surface area contributed by atoms with Crippen LogP contribution >= 0.6 is 0 Å². The van der Waals surface area contributed by atoms with Crippen molar-refractivity contribution in [2.75, 3.05) is 0 Å². The number of hydrogen-bond acceptors (Lipinski definition) is 9. The highest BCUT2D eigenvalue weighted by Gasteiger charge is 2.34. The van der Waals surface area contributed by atoms with E-state index in [0.29, 0.717) is 18.6 Å². The summed E-state index contributed by atoms with van der Waals surface area (Å²) in [5.74, 6) is -6.55. The van der Waals surface area contributed by atoms with Crippen LogP contribution in [-0.4, -0.2) is 32.4 Å². The first-order chi connectivity index (χ1) is 21.8. The smallest absolute Gasteiger partial charge is 0.424 e. The minimum absolute atomic E-state index is 0.00816. The zero-order valence-electron chi connectivity index (χ0n) is 28.0. The first-order valence-electron chi connectivity index (χ1n) is 17.6. The van der Waals surface area contributed by atoms with E-state index in [1.165, 1.54) is 109 Å². The van der Waals surface area contributed by atoms with Gasteiger partial charge in [0.15, 0.2) is 11.5 Å². The van der Waals surface area contributed by atoms with Crippen LogP contribution in [0.5, 0.6) is 0 Å². The van der Waals surface area contributed by atoms with Gasteiger partial charge in [-0.1, -0.05) is 148 Å². The number of carbonyl (C=O) groups excluding carboxylic acids is 2. The maximum Gasteiger partial charge on any atom is 0.424 e. The lowest BCUT2D eigenvalue weighted by Gasteiger charge is -2.03. The molecule has 1 heterocycles. The summed E-state index contributed by atoms with van der Waals surface area (Å²) < 4.78 is 5.20. The van der Waals surface area contributed by atoms with Crippen LogP contribution in [0.15, 0.2) is 46.7 Å². The van der Waals surface area contributed by atoms with Gasteiger partial charge in [-0.25, -0.2) is 19.4 Å². The summed E-state index contributed by atoms with van der Waals surface area (Å²) in [6.45, 7) is 4.44. The zero-order chi connectivity index (χ0) is 33.1. The number of aliphatic hydroxyl groups excluding tert-OH is 4. The van der Waals surface area contributed by atoms with E-state index < -0.39 is 35.0 Å². The van der Waals surface area contributed by atoms with Gasteiger partial charge in [-0.15, -0.1) is 0 Å². The lowest BCUT2D eigenvalue weighted by Crippen LogP contribution is -2.16. The van der Waals surface area contributed by atoms with E-state index in [1.54, 1.807) is 6.08 Å². The van der Waals surface area contributed by atoms with Crippen molar-refractivity contribution in [1.82, 2.24) is 0 Å². The molecule has 0 saturated carbocycles. The second-order valence-corrected chi connectivity index (χ2v) is 12.0. The fraction of sp³-hybridized carbons (Fsp3) is 0.722. The van der Waals surface area contributed by atoms with Crippen molar-refractivity contribution in [2.45, 2.75) is 168 Å². The maximum absolute atomic E-state index is 12.0. The van der Waals surface area contributed by atoms with Crippen LogP contribution in [0.25, 0.3) is 0 Å². The van der Waals surface area contributed by atoms with Crippen molar-refractivity contribution in [3.8, 4) is 0 Å². The Bertz CT molecular complexity index is 962. The molecule has 0 aromatic rings. The molecule has 45 heavy (non-hydrogen) atoms. The SMILES string of the molecule is CCCCCCCCCCCCC/C=C/C(O)=C(\O)C(=O)OOC(=O)/C(O)=C(\O)C1=C(CCCCCCCCCCCCC)O1. The van der Waals surface area contributed by atoms with Crippen LogP contribution in [0, 0.1) is 0 Å². The summed E-state index contributed by atoms with van der Waals surface area (Å²) >= 11 is 0. The Morgan fingerprint density at radius 2 is 0.978 bits per heavy atom. The second kappa shape index (κ2) is 26.1. The number of hydrogen-bond donors (Lipinski definition) is 4. The quantitative estimate of drug-likeness (QED) is 0.0164. The van der Waals surface area contributed by atoms with E-state index in [0.717, 1.165) is 38.5 Å². The molecule has 0 fully saturated rings. The lowest BCUT2D eigenvalue weighted by atomic mass is 10.1. The molecule has 9 nitrogen and oxygen atoms in total. The van der Waals surface area contributed by atoms with E-state index in [1.807, 2.05) is 0 Å². The van der Waals surface area contributed by atoms with E-state index in [9.17, 15) is 30.0 Å². The third kappa shape index (κ3) is 19.8. The van der Waals surface area contributed by atoms with Crippen molar-refractivity contribution in [3.05, 3.63) is 46.7 Å². The molecule has 0 amide bonds. The minimum atomic E-state index is -1.56. The molecule has 9 heteroatoms. The van der Waals surface area contributed by atoms with E-state index >= 15 is 0 Å². The van der Waals surface area contributed by atoms with Gasteiger partial charge in [0.1, 0.15) is 0 Å². The molecule has 1 rings (SSSR count). The highest BCUT2D eigenvalue weighted by Crippen LogP contribution is 2.36. The van der Waals surface area contributed by atoms with Crippen molar-refractivity contribution in [3.63, 3.8) is 0 Å². The van der Waals surface area contributed by atoms with Crippen molar-refractivity contribution >= 4 is 11.9 Å². The summed E-state index contributed by atoms with van der Waals surface area (Å²) in [6.07, 6.45) is 30.7. The number of aliphatic hydroxyl groups is 4. The molecule has 0 aromatic carbocycles. The summed E-state index contributed by atoms with van der Waals surface area (Å²) in [4.78, 5) is 32.3. The van der Waals surface area contributed by atoms with Gasteiger partial charge < -0.3 is 25.2 Å². The molecule has 4 N–H and O–H groups in total. The Labute approximate surface area is 271 Å². The molecule has 0 saturated heterocycles. The van der Waals surface area contributed by atoms with Crippen LogP contribution in [0.2, 0.25) is 0 Å². The van der Waals surface area contributed by atoms with Gasteiger partial charge in [0.2, 0.25) is 17.3 Å². The minimum Gasteiger partial charge on any atom is -0.504 e. The molecule has 0 atom stereocenters. The summed E-state index contributed by atoms with van der Waals surface area (Å²) in [7, 11) is 0. The number of rotatable bonds is 28. The predicted molar refractivity (Wildman–Crippen MR) is 176 cm³/mol. The molecule has 1 aliphatic heterocycles. The molecule has 0 spiro atoms. The Hall–Kier alpha value is -3.10. The standard InChI is InChI=1S/C36H60O9/c1-3-5-7-9-11-13-15-16-18-19-21-23-25-27-29(37)31(38)35(41)44-45-36(42)33(40)32(39)34-30(43-34)28-26-24-22-20-17-14-12-10-8-6-4-2/h25,27,37-40H,3-24,26,28H2,1-2H3/b27-25+,31-29+,33-32+. The van der Waals surface area contributed by atoms with Crippen LogP contribution in [0.1, 0.15) is 168 Å². The second-order valence-electron chi connectivity index (χ2n) is 12.0. The third-order valence-corrected chi connectivity index (χ3v) is 7.96. The fourth-order valence-electron chi connectivity index (χ4n) is 5.06. The first-order valence-corrected chi connectivity index (χ1v) is 17.6. The van der Waals surface area contributed by atoms with Gasteiger partial charge in [-0.05, 0) is 25.3 Å². The molecular formula is C36H60O9. The molecule has 258 valence electrons. The molecule has 0 bridgehead atoms. The lowest BCUT2D eigenvalue weighted by molar-refractivity contribution is -0.256. The highest BCUT2D eigenvalue weighted by atomic mass is 17.2. The Morgan fingerprint density at radius 1 is 0.578 bits per heavy atom.